The molecule has 1 aliphatic heterocycles. The monoisotopic (exact) mass is 357 g/mol. The highest BCUT2D eigenvalue weighted by Crippen LogP contribution is 2.25. The number of hydrogen-bond donors (Lipinski definition) is 0. The SMILES string of the molecule is CCC(C)(C(=O)Cc1cc(Br)ccc1F)N1CCOCC1. The number of ether oxygens (including phenoxy) is 1. The molecule has 1 aromatic carbocycles. The molecule has 1 saturated heterocycles. The number of nitrogens with zero attached hydrogens (tertiary/aromatic N) is 1. The second-order valence-electron chi connectivity index (χ2n) is 5.56. The van der Waals surface area contributed by atoms with Crippen LogP contribution in [0.5, 0.6) is 0 Å². The van der Waals surface area contributed by atoms with Crippen LogP contribution in [-0.2, 0) is 16.0 Å². The summed E-state index contributed by atoms with van der Waals surface area (Å²) in [6, 6.07) is 4.72. The third kappa shape index (κ3) is 3.71. The summed E-state index contributed by atoms with van der Waals surface area (Å²) in [7, 11) is 0. The van der Waals surface area contributed by atoms with E-state index < -0.39 is 5.54 Å². The van der Waals surface area contributed by atoms with Gasteiger partial charge in [-0.3, -0.25) is 9.69 Å². The van der Waals surface area contributed by atoms with Crippen LogP contribution in [-0.4, -0.2) is 42.5 Å². The molecule has 0 radical (unpaired) electrons. The third-order valence-corrected chi connectivity index (χ3v) is 4.85. The smallest absolute Gasteiger partial charge is 0.157 e. The average Bonchev–Trinajstić information content (AvgIpc) is 2.51. The number of Topliss-reactive ketones (excluding diaryl/α,β-unsaturated/α-hetero) is 1. The molecule has 0 saturated carbocycles. The first-order valence-electron chi connectivity index (χ1n) is 7.27. The molecule has 0 aromatic heterocycles. The minimum Gasteiger partial charge on any atom is -0.379 e. The largest absolute Gasteiger partial charge is 0.379 e. The lowest BCUT2D eigenvalue weighted by molar-refractivity contribution is -0.133. The van der Waals surface area contributed by atoms with E-state index in [1.165, 1.54) is 6.07 Å². The highest BCUT2D eigenvalue weighted by atomic mass is 79.9. The molecule has 3 nitrogen and oxygen atoms in total. The van der Waals surface area contributed by atoms with E-state index in [4.69, 9.17) is 4.74 Å². The summed E-state index contributed by atoms with van der Waals surface area (Å²) in [4.78, 5) is 14.9. The van der Waals surface area contributed by atoms with E-state index in [1.54, 1.807) is 12.1 Å². The maximum atomic E-state index is 13.9. The number of hydrogen-bond acceptors (Lipinski definition) is 3. The van der Waals surface area contributed by atoms with Gasteiger partial charge in [0, 0.05) is 24.0 Å². The third-order valence-electron chi connectivity index (χ3n) is 4.36. The fraction of sp³-hybridized carbons (Fsp3) is 0.562. The molecule has 0 aliphatic carbocycles. The van der Waals surface area contributed by atoms with E-state index in [0.29, 0.717) is 25.2 Å². The summed E-state index contributed by atoms with van der Waals surface area (Å²) >= 11 is 3.33. The Balaban J connectivity index is 2.17. The number of morpholine rings is 1. The molecular weight excluding hydrogens is 337 g/mol. The maximum absolute atomic E-state index is 13.9. The Bertz CT molecular complexity index is 517. The van der Waals surface area contributed by atoms with Crippen molar-refractivity contribution in [3.63, 3.8) is 0 Å². The summed E-state index contributed by atoms with van der Waals surface area (Å²) < 4.78 is 20.0. The molecule has 0 amide bonds. The zero-order chi connectivity index (χ0) is 15.5. The van der Waals surface area contributed by atoms with Crippen LogP contribution in [0.25, 0.3) is 0 Å². The van der Waals surface area contributed by atoms with Crippen LogP contribution in [0.2, 0.25) is 0 Å². The zero-order valence-corrected chi connectivity index (χ0v) is 14.1. The van der Waals surface area contributed by atoms with E-state index >= 15 is 0 Å². The van der Waals surface area contributed by atoms with Gasteiger partial charge in [-0.2, -0.15) is 0 Å². The van der Waals surface area contributed by atoms with Gasteiger partial charge >= 0.3 is 0 Å². The predicted molar refractivity (Wildman–Crippen MR) is 83.9 cm³/mol. The van der Waals surface area contributed by atoms with E-state index in [0.717, 1.165) is 17.6 Å². The molecule has 0 N–H and O–H groups in total. The van der Waals surface area contributed by atoms with Gasteiger partial charge in [0.15, 0.2) is 5.78 Å². The van der Waals surface area contributed by atoms with Crippen molar-refractivity contribution in [2.45, 2.75) is 32.2 Å². The van der Waals surface area contributed by atoms with Gasteiger partial charge in [0.25, 0.3) is 0 Å². The molecule has 1 aromatic rings. The molecule has 2 rings (SSSR count). The summed E-state index contributed by atoms with van der Waals surface area (Å²) in [6.45, 7) is 6.75. The van der Waals surface area contributed by atoms with Crippen molar-refractivity contribution >= 4 is 21.7 Å². The van der Waals surface area contributed by atoms with Gasteiger partial charge < -0.3 is 4.74 Å². The van der Waals surface area contributed by atoms with Gasteiger partial charge in [-0.15, -0.1) is 0 Å². The summed E-state index contributed by atoms with van der Waals surface area (Å²) in [6.07, 6.45) is 0.828. The summed E-state index contributed by atoms with van der Waals surface area (Å²) in [5, 5.41) is 0. The van der Waals surface area contributed by atoms with Crippen LogP contribution in [0.1, 0.15) is 25.8 Å². The molecular formula is C16H21BrFNO2. The second kappa shape index (κ2) is 6.99. The highest BCUT2D eigenvalue weighted by molar-refractivity contribution is 9.10. The Hall–Kier alpha value is -0.780. The Morgan fingerprint density at radius 3 is 2.71 bits per heavy atom. The number of ketones is 1. The van der Waals surface area contributed by atoms with Crippen molar-refractivity contribution < 1.29 is 13.9 Å². The van der Waals surface area contributed by atoms with Crippen molar-refractivity contribution in [2.24, 2.45) is 0 Å². The number of carbonyl (C=O) groups excluding carboxylic acids is 1. The maximum Gasteiger partial charge on any atom is 0.157 e. The molecule has 1 atom stereocenters. The minimum atomic E-state index is -0.557. The van der Waals surface area contributed by atoms with Crippen LogP contribution >= 0.6 is 15.9 Å². The standard InChI is InChI=1S/C16H21BrFNO2/c1-3-16(2,19-6-8-21-9-7-19)15(20)11-12-10-13(17)4-5-14(12)18/h4-5,10H,3,6-9,11H2,1-2H3. The first kappa shape index (κ1) is 16.6. The second-order valence-corrected chi connectivity index (χ2v) is 6.48. The van der Waals surface area contributed by atoms with E-state index in [9.17, 15) is 9.18 Å². The van der Waals surface area contributed by atoms with E-state index in [-0.39, 0.29) is 18.0 Å². The van der Waals surface area contributed by atoms with Crippen LogP contribution < -0.4 is 0 Å². The Kier molecular flexibility index (Phi) is 5.52. The lowest BCUT2D eigenvalue weighted by atomic mass is 9.87. The topological polar surface area (TPSA) is 29.5 Å². The van der Waals surface area contributed by atoms with Crippen molar-refractivity contribution in [1.82, 2.24) is 4.90 Å². The van der Waals surface area contributed by atoms with Crippen molar-refractivity contribution in [2.75, 3.05) is 26.3 Å². The number of carbonyl (C=O) groups is 1. The van der Waals surface area contributed by atoms with E-state index in [2.05, 4.69) is 20.8 Å². The molecule has 5 heteroatoms. The van der Waals surface area contributed by atoms with Crippen LogP contribution in [0.4, 0.5) is 4.39 Å². The molecule has 116 valence electrons. The van der Waals surface area contributed by atoms with Gasteiger partial charge in [-0.25, -0.2) is 4.39 Å². The Labute approximate surface area is 133 Å². The molecule has 1 unspecified atom stereocenters. The van der Waals surface area contributed by atoms with Crippen molar-refractivity contribution in [3.8, 4) is 0 Å². The zero-order valence-electron chi connectivity index (χ0n) is 12.5. The summed E-state index contributed by atoms with van der Waals surface area (Å²) in [5.74, 6) is -0.268. The highest BCUT2D eigenvalue weighted by Gasteiger charge is 2.38. The van der Waals surface area contributed by atoms with Crippen LogP contribution in [0.15, 0.2) is 22.7 Å². The summed E-state index contributed by atoms with van der Waals surface area (Å²) in [5.41, 5.74) is -0.110. The predicted octanol–water partition coefficient (Wildman–Crippen LogP) is 3.20. The van der Waals surface area contributed by atoms with Gasteiger partial charge in [0.2, 0.25) is 0 Å². The van der Waals surface area contributed by atoms with Crippen molar-refractivity contribution in [3.05, 3.63) is 34.1 Å². The molecule has 0 bridgehead atoms. The number of benzene rings is 1. The number of halogens is 2. The van der Waals surface area contributed by atoms with Gasteiger partial charge in [0.1, 0.15) is 5.82 Å². The molecule has 21 heavy (non-hydrogen) atoms. The molecule has 1 heterocycles. The average molecular weight is 358 g/mol. The van der Waals surface area contributed by atoms with E-state index in [1.807, 2.05) is 13.8 Å². The normalized spacial score (nSPS) is 19.2. The first-order chi connectivity index (χ1) is 9.97. The minimum absolute atomic E-state index is 0.0592. The fourth-order valence-electron chi connectivity index (χ4n) is 2.70. The van der Waals surface area contributed by atoms with Gasteiger partial charge in [-0.1, -0.05) is 22.9 Å². The molecule has 1 aliphatic rings. The van der Waals surface area contributed by atoms with Crippen LogP contribution in [0, 0.1) is 5.82 Å². The lowest BCUT2D eigenvalue weighted by Gasteiger charge is -2.41. The molecule has 1 fully saturated rings. The lowest BCUT2D eigenvalue weighted by Crippen LogP contribution is -2.56. The van der Waals surface area contributed by atoms with Crippen LogP contribution in [0.3, 0.4) is 0 Å². The first-order valence-corrected chi connectivity index (χ1v) is 8.06. The Morgan fingerprint density at radius 1 is 1.43 bits per heavy atom. The molecule has 0 spiro atoms. The van der Waals surface area contributed by atoms with Gasteiger partial charge in [-0.05, 0) is 37.1 Å². The van der Waals surface area contributed by atoms with Crippen molar-refractivity contribution in [1.29, 1.82) is 0 Å². The Morgan fingerprint density at radius 2 is 2.10 bits per heavy atom. The number of rotatable bonds is 5. The van der Waals surface area contributed by atoms with Gasteiger partial charge in [0.05, 0.1) is 18.8 Å². The quantitative estimate of drug-likeness (QED) is 0.810. The fourth-order valence-corrected chi connectivity index (χ4v) is 3.10.